The molecule has 0 unspecified atom stereocenters. The number of aliphatic hydroxyl groups is 1. The van der Waals surface area contributed by atoms with Crippen molar-refractivity contribution in [3.8, 4) is 11.4 Å². The molecule has 15 heavy (non-hydrogen) atoms. The summed E-state index contributed by atoms with van der Waals surface area (Å²) in [6, 6.07) is -0.606. The van der Waals surface area contributed by atoms with Gasteiger partial charge in [-0.3, -0.25) is 0 Å². The Morgan fingerprint density at radius 1 is 1.60 bits per heavy atom. The van der Waals surface area contributed by atoms with Crippen LogP contribution < -0.4 is 5.73 Å². The van der Waals surface area contributed by atoms with Gasteiger partial charge in [0.2, 0.25) is 11.7 Å². The van der Waals surface area contributed by atoms with Gasteiger partial charge < -0.3 is 15.4 Å². The van der Waals surface area contributed by atoms with Gasteiger partial charge in [-0.05, 0) is 17.9 Å². The van der Waals surface area contributed by atoms with Crippen molar-refractivity contribution in [3.63, 3.8) is 0 Å². The SMILES string of the molecule is Cc1cscc1-c1noc([C@H](N)CO)n1. The Bertz CT molecular complexity index is 452. The first-order chi connectivity index (χ1) is 7.22. The summed E-state index contributed by atoms with van der Waals surface area (Å²) in [6.45, 7) is 1.78. The molecule has 2 rings (SSSR count). The highest BCUT2D eigenvalue weighted by molar-refractivity contribution is 7.08. The van der Waals surface area contributed by atoms with Crippen molar-refractivity contribution in [2.24, 2.45) is 5.73 Å². The number of nitrogens with two attached hydrogens (primary N) is 1. The summed E-state index contributed by atoms with van der Waals surface area (Å²) >= 11 is 1.58. The van der Waals surface area contributed by atoms with E-state index in [2.05, 4.69) is 10.1 Å². The maximum absolute atomic E-state index is 8.83. The first-order valence-electron chi connectivity index (χ1n) is 4.45. The molecule has 1 atom stereocenters. The molecule has 0 aliphatic heterocycles. The van der Waals surface area contributed by atoms with Crippen LogP contribution in [0.25, 0.3) is 11.4 Å². The van der Waals surface area contributed by atoms with Crippen LogP contribution in [0.5, 0.6) is 0 Å². The largest absolute Gasteiger partial charge is 0.394 e. The Hall–Kier alpha value is -1.24. The number of aromatic nitrogens is 2. The Morgan fingerprint density at radius 3 is 3.00 bits per heavy atom. The highest BCUT2D eigenvalue weighted by Crippen LogP contribution is 2.24. The van der Waals surface area contributed by atoms with Gasteiger partial charge in [0.1, 0.15) is 6.04 Å². The number of hydrogen-bond donors (Lipinski definition) is 2. The van der Waals surface area contributed by atoms with Gasteiger partial charge in [-0.15, -0.1) is 0 Å². The summed E-state index contributed by atoms with van der Waals surface area (Å²) in [6.07, 6.45) is 0. The lowest BCUT2D eigenvalue weighted by molar-refractivity contribution is 0.237. The standard InChI is InChI=1S/C9H11N3O2S/c1-5-3-15-4-6(5)8-11-9(14-12-8)7(10)2-13/h3-4,7,13H,2,10H2,1H3/t7-/m1/s1. The van der Waals surface area contributed by atoms with Gasteiger partial charge in [0.05, 0.1) is 6.61 Å². The smallest absolute Gasteiger partial charge is 0.246 e. The molecule has 5 nitrogen and oxygen atoms in total. The van der Waals surface area contributed by atoms with Crippen molar-refractivity contribution >= 4 is 11.3 Å². The second-order valence-corrected chi connectivity index (χ2v) is 3.96. The average molecular weight is 225 g/mol. The first-order valence-corrected chi connectivity index (χ1v) is 5.40. The molecule has 0 saturated heterocycles. The van der Waals surface area contributed by atoms with Crippen LogP contribution in [0.15, 0.2) is 15.3 Å². The minimum Gasteiger partial charge on any atom is -0.394 e. The highest BCUT2D eigenvalue weighted by Gasteiger charge is 2.15. The fourth-order valence-electron chi connectivity index (χ4n) is 1.16. The summed E-state index contributed by atoms with van der Waals surface area (Å²) in [7, 11) is 0. The van der Waals surface area contributed by atoms with Crippen LogP contribution in [-0.4, -0.2) is 21.9 Å². The van der Waals surface area contributed by atoms with Gasteiger partial charge in [0.15, 0.2) is 0 Å². The van der Waals surface area contributed by atoms with Crippen LogP contribution in [-0.2, 0) is 0 Å². The van der Waals surface area contributed by atoms with Crippen LogP contribution in [0.3, 0.4) is 0 Å². The van der Waals surface area contributed by atoms with E-state index in [1.807, 2.05) is 17.7 Å². The predicted molar refractivity (Wildman–Crippen MR) is 56.4 cm³/mol. The molecule has 0 radical (unpaired) electrons. The van der Waals surface area contributed by atoms with Gasteiger partial charge >= 0.3 is 0 Å². The molecular formula is C9H11N3O2S. The average Bonchev–Trinajstić information content (AvgIpc) is 2.84. The molecule has 2 aromatic heterocycles. The van der Waals surface area contributed by atoms with Crippen molar-refractivity contribution in [2.75, 3.05) is 6.61 Å². The number of thiophene rings is 1. The van der Waals surface area contributed by atoms with Crippen molar-refractivity contribution in [2.45, 2.75) is 13.0 Å². The van der Waals surface area contributed by atoms with E-state index in [0.29, 0.717) is 5.82 Å². The third-order valence-electron chi connectivity index (χ3n) is 2.05. The Labute approximate surface area is 90.5 Å². The summed E-state index contributed by atoms with van der Waals surface area (Å²) in [5.74, 6) is 0.783. The molecular weight excluding hydrogens is 214 g/mol. The predicted octanol–water partition coefficient (Wildman–Crippen LogP) is 1.10. The molecule has 0 amide bonds. The zero-order chi connectivity index (χ0) is 10.8. The van der Waals surface area contributed by atoms with Crippen molar-refractivity contribution in [1.82, 2.24) is 10.1 Å². The normalized spacial score (nSPS) is 13.0. The van der Waals surface area contributed by atoms with Crippen LogP contribution >= 0.6 is 11.3 Å². The van der Waals surface area contributed by atoms with Crippen molar-refractivity contribution in [1.29, 1.82) is 0 Å². The summed E-state index contributed by atoms with van der Waals surface area (Å²) in [4.78, 5) is 4.13. The van der Waals surface area contributed by atoms with Crippen LogP contribution in [0, 0.1) is 6.92 Å². The van der Waals surface area contributed by atoms with Crippen molar-refractivity contribution < 1.29 is 9.63 Å². The monoisotopic (exact) mass is 225 g/mol. The van der Waals surface area contributed by atoms with Gasteiger partial charge in [0, 0.05) is 10.9 Å². The molecule has 2 aromatic rings. The molecule has 6 heteroatoms. The first kappa shape index (κ1) is 10.3. The molecule has 0 aliphatic rings. The second kappa shape index (κ2) is 4.09. The van der Waals surface area contributed by atoms with Gasteiger partial charge in [-0.1, -0.05) is 5.16 Å². The van der Waals surface area contributed by atoms with E-state index in [9.17, 15) is 0 Å². The number of hydrogen-bond acceptors (Lipinski definition) is 6. The van der Waals surface area contributed by atoms with Crippen LogP contribution in [0.1, 0.15) is 17.5 Å². The van der Waals surface area contributed by atoms with Gasteiger partial charge in [-0.2, -0.15) is 16.3 Å². The molecule has 0 bridgehead atoms. The van der Waals surface area contributed by atoms with E-state index < -0.39 is 6.04 Å². The number of aliphatic hydroxyl groups excluding tert-OH is 1. The molecule has 0 aromatic carbocycles. The Kier molecular flexibility index (Phi) is 2.81. The number of nitrogens with zero attached hydrogens (tertiary/aromatic N) is 2. The quantitative estimate of drug-likeness (QED) is 0.817. The molecule has 0 spiro atoms. The zero-order valence-electron chi connectivity index (χ0n) is 8.17. The zero-order valence-corrected chi connectivity index (χ0v) is 8.99. The molecule has 3 N–H and O–H groups in total. The third kappa shape index (κ3) is 1.92. The lowest BCUT2D eigenvalue weighted by Gasteiger charge is -1.98. The Morgan fingerprint density at radius 2 is 2.40 bits per heavy atom. The third-order valence-corrected chi connectivity index (χ3v) is 2.91. The second-order valence-electron chi connectivity index (χ2n) is 3.21. The molecule has 0 saturated carbocycles. The van der Waals surface area contributed by atoms with E-state index in [4.69, 9.17) is 15.4 Å². The summed E-state index contributed by atoms with van der Waals surface area (Å²) in [5, 5.41) is 16.6. The number of aryl methyl sites for hydroxylation is 1. The van der Waals surface area contributed by atoms with Crippen LogP contribution in [0.4, 0.5) is 0 Å². The van der Waals surface area contributed by atoms with E-state index in [-0.39, 0.29) is 12.5 Å². The van der Waals surface area contributed by atoms with E-state index >= 15 is 0 Å². The van der Waals surface area contributed by atoms with E-state index in [0.717, 1.165) is 11.1 Å². The Balaban J connectivity index is 2.32. The maximum Gasteiger partial charge on any atom is 0.246 e. The maximum atomic E-state index is 8.83. The van der Waals surface area contributed by atoms with Crippen LogP contribution in [0.2, 0.25) is 0 Å². The summed E-state index contributed by atoms with van der Waals surface area (Å²) in [5.41, 5.74) is 7.60. The van der Waals surface area contributed by atoms with E-state index in [1.54, 1.807) is 11.3 Å². The van der Waals surface area contributed by atoms with Gasteiger partial charge in [0.25, 0.3) is 0 Å². The fourth-order valence-corrected chi connectivity index (χ4v) is 1.99. The summed E-state index contributed by atoms with van der Waals surface area (Å²) < 4.78 is 4.95. The fraction of sp³-hybridized carbons (Fsp3) is 0.333. The highest BCUT2D eigenvalue weighted by atomic mass is 32.1. The topological polar surface area (TPSA) is 85.2 Å². The lowest BCUT2D eigenvalue weighted by Crippen LogP contribution is -2.14. The number of rotatable bonds is 3. The minimum atomic E-state index is -0.606. The minimum absolute atomic E-state index is 0.204. The molecule has 2 heterocycles. The molecule has 80 valence electrons. The molecule has 0 fully saturated rings. The van der Waals surface area contributed by atoms with Crippen molar-refractivity contribution in [3.05, 3.63) is 22.2 Å². The lowest BCUT2D eigenvalue weighted by atomic mass is 10.2. The molecule has 0 aliphatic carbocycles. The van der Waals surface area contributed by atoms with Gasteiger partial charge in [-0.25, -0.2) is 0 Å². The van der Waals surface area contributed by atoms with E-state index in [1.165, 1.54) is 0 Å².